The van der Waals surface area contributed by atoms with Crippen molar-refractivity contribution >= 4 is 16.9 Å². The zero-order valence-corrected chi connectivity index (χ0v) is 16.0. The molecule has 6 nitrogen and oxygen atoms in total. The molecule has 0 spiro atoms. The summed E-state index contributed by atoms with van der Waals surface area (Å²) in [5.41, 5.74) is 2.51. The van der Waals surface area contributed by atoms with Crippen LogP contribution in [0.4, 0.5) is 0 Å². The summed E-state index contributed by atoms with van der Waals surface area (Å²) >= 11 is 0. The quantitative estimate of drug-likeness (QED) is 0.467. The maximum Gasteiger partial charge on any atom is 0.253 e. The van der Waals surface area contributed by atoms with E-state index in [1.807, 2.05) is 54.6 Å². The smallest absolute Gasteiger partial charge is 0.253 e. The van der Waals surface area contributed by atoms with Crippen LogP contribution in [-0.2, 0) is 13.1 Å². The monoisotopic (exact) mass is 386 g/mol. The van der Waals surface area contributed by atoms with Crippen molar-refractivity contribution in [3.05, 3.63) is 90.5 Å². The summed E-state index contributed by atoms with van der Waals surface area (Å²) in [7, 11) is 0. The first-order chi connectivity index (χ1) is 14.3. The van der Waals surface area contributed by atoms with E-state index in [2.05, 4.69) is 14.9 Å². The highest BCUT2D eigenvalue weighted by Gasteiger charge is 2.12. The van der Waals surface area contributed by atoms with Gasteiger partial charge in [-0.05, 0) is 42.8 Å². The van der Waals surface area contributed by atoms with Gasteiger partial charge in [0.1, 0.15) is 11.6 Å². The molecule has 29 heavy (non-hydrogen) atoms. The van der Waals surface area contributed by atoms with Crippen LogP contribution in [0.2, 0.25) is 0 Å². The zero-order chi connectivity index (χ0) is 19.9. The van der Waals surface area contributed by atoms with Gasteiger partial charge in [-0.25, -0.2) is 4.98 Å². The minimum Gasteiger partial charge on any atom is -0.494 e. The molecule has 0 atom stereocenters. The van der Waals surface area contributed by atoms with Crippen LogP contribution >= 0.6 is 0 Å². The van der Waals surface area contributed by atoms with E-state index in [4.69, 9.17) is 9.72 Å². The fourth-order valence-corrected chi connectivity index (χ4v) is 3.20. The summed E-state index contributed by atoms with van der Waals surface area (Å²) in [5.74, 6) is 1.53. The van der Waals surface area contributed by atoms with Crippen molar-refractivity contribution in [1.29, 1.82) is 0 Å². The number of amides is 1. The molecule has 0 bridgehead atoms. The summed E-state index contributed by atoms with van der Waals surface area (Å²) in [5, 5.41) is 2.94. The summed E-state index contributed by atoms with van der Waals surface area (Å²) in [6, 6.07) is 21.3. The van der Waals surface area contributed by atoms with Crippen molar-refractivity contribution in [3.63, 3.8) is 0 Å². The van der Waals surface area contributed by atoms with Crippen molar-refractivity contribution in [3.8, 4) is 5.75 Å². The van der Waals surface area contributed by atoms with Crippen molar-refractivity contribution in [2.45, 2.75) is 19.5 Å². The Morgan fingerprint density at radius 2 is 1.83 bits per heavy atom. The number of pyridine rings is 1. The number of rotatable bonds is 8. The lowest BCUT2D eigenvalue weighted by Crippen LogP contribution is -2.25. The summed E-state index contributed by atoms with van der Waals surface area (Å²) in [4.78, 5) is 21.1. The molecule has 0 unspecified atom stereocenters. The average molecular weight is 386 g/mol. The standard InChI is InChI=1S/C23H22N4O2/c28-23(18-8-6-13-24-16-18)25-17-22-26-20-11-4-5-12-21(20)27(22)14-7-15-29-19-9-2-1-3-10-19/h1-6,8-13,16H,7,14-15,17H2,(H,25,28). The van der Waals surface area contributed by atoms with Gasteiger partial charge in [0.2, 0.25) is 0 Å². The average Bonchev–Trinajstić information content (AvgIpc) is 3.14. The Morgan fingerprint density at radius 3 is 2.66 bits per heavy atom. The van der Waals surface area contributed by atoms with E-state index in [1.54, 1.807) is 24.5 Å². The number of ether oxygens (including phenoxy) is 1. The first-order valence-corrected chi connectivity index (χ1v) is 9.61. The van der Waals surface area contributed by atoms with Crippen molar-refractivity contribution in [1.82, 2.24) is 19.9 Å². The van der Waals surface area contributed by atoms with E-state index in [-0.39, 0.29) is 5.91 Å². The molecule has 0 saturated carbocycles. The van der Waals surface area contributed by atoms with E-state index >= 15 is 0 Å². The highest BCUT2D eigenvalue weighted by Crippen LogP contribution is 2.17. The number of nitrogens with zero attached hydrogens (tertiary/aromatic N) is 3. The van der Waals surface area contributed by atoms with Crippen molar-refractivity contribution < 1.29 is 9.53 Å². The Bertz CT molecular complexity index is 1080. The molecule has 0 aliphatic rings. The zero-order valence-electron chi connectivity index (χ0n) is 16.0. The van der Waals surface area contributed by atoms with Crippen molar-refractivity contribution in [2.24, 2.45) is 0 Å². The first-order valence-electron chi connectivity index (χ1n) is 9.61. The fourth-order valence-electron chi connectivity index (χ4n) is 3.20. The van der Waals surface area contributed by atoms with Crippen molar-refractivity contribution in [2.75, 3.05) is 6.61 Å². The normalized spacial score (nSPS) is 10.8. The number of para-hydroxylation sites is 3. The molecule has 0 aliphatic heterocycles. The molecule has 0 radical (unpaired) electrons. The minimum atomic E-state index is -0.163. The van der Waals surface area contributed by atoms with E-state index < -0.39 is 0 Å². The summed E-state index contributed by atoms with van der Waals surface area (Å²) in [6.07, 6.45) is 4.03. The summed E-state index contributed by atoms with van der Waals surface area (Å²) < 4.78 is 7.95. The lowest BCUT2D eigenvalue weighted by Gasteiger charge is -2.11. The number of carbonyl (C=O) groups excluding carboxylic acids is 1. The maximum atomic E-state index is 12.4. The maximum absolute atomic E-state index is 12.4. The third kappa shape index (κ3) is 4.60. The molecule has 1 amide bonds. The Morgan fingerprint density at radius 1 is 1.00 bits per heavy atom. The SMILES string of the molecule is O=C(NCc1nc2ccccc2n1CCCOc1ccccc1)c1cccnc1. The number of hydrogen-bond acceptors (Lipinski definition) is 4. The van der Waals surface area contributed by atoms with E-state index in [0.29, 0.717) is 18.7 Å². The van der Waals surface area contributed by atoms with Crippen LogP contribution in [0.15, 0.2) is 79.1 Å². The molecule has 1 N–H and O–H groups in total. The van der Waals surface area contributed by atoms with Crippen LogP contribution < -0.4 is 10.1 Å². The van der Waals surface area contributed by atoms with Gasteiger partial charge in [0.25, 0.3) is 5.91 Å². The highest BCUT2D eigenvalue weighted by molar-refractivity contribution is 5.93. The number of fused-ring (bicyclic) bond motifs is 1. The Balaban J connectivity index is 1.43. The van der Waals surface area contributed by atoms with Gasteiger partial charge in [0.15, 0.2) is 0 Å². The van der Waals surface area contributed by atoms with Crippen LogP contribution in [0.1, 0.15) is 22.6 Å². The second kappa shape index (κ2) is 9.01. The number of nitrogens with one attached hydrogen (secondary N) is 1. The molecule has 2 aromatic carbocycles. The van der Waals surface area contributed by atoms with Gasteiger partial charge in [-0.1, -0.05) is 30.3 Å². The van der Waals surface area contributed by atoms with Gasteiger partial charge < -0.3 is 14.6 Å². The molecular formula is C23H22N4O2. The van der Waals surface area contributed by atoms with E-state index in [9.17, 15) is 4.79 Å². The lowest BCUT2D eigenvalue weighted by atomic mass is 10.3. The largest absolute Gasteiger partial charge is 0.494 e. The first kappa shape index (κ1) is 18.7. The van der Waals surface area contributed by atoms with Crippen LogP contribution in [0.5, 0.6) is 5.75 Å². The van der Waals surface area contributed by atoms with Gasteiger partial charge in [-0.15, -0.1) is 0 Å². The highest BCUT2D eigenvalue weighted by atomic mass is 16.5. The Labute approximate surface area is 169 Å². The van der Waals surface area contributed by atoms with Crippen LogP contribution in [0, 0.1) is 0 Å². The Kier molecular flexibility index (Phi) is 5.81. The molecule has 6 heteroatoms. The van der Waals surface area contributed by atoms with E-state index in [1.165, 1.54) is 0 Å². The van der Waals surface area contributed by atoms with Gasteiger partial charge in [0, 0.05) is 18.9 Å². The molecule has 146 valence electrons. The van der Waals surface area contributed by atoms with Gasteiger partial charge in [-0.2, -0.15) is 0 Å². The third-order valence-electron chi connectivity index (χ3n) is 4.60. The van der Waals surface area contributed by atoms with Crippen LogP contribution in [-0.4, -0.2) is 27.0 Å². The second-order valence-electron chi connectivity index (χ2n) is 6.61. The van der Waals surface area contributed by atoms with Gasteiger partial charge in [0.05, 0.1) is 29.7 Å². The van der Waals surface area contributed by atoms with Crippen LogP contribution in [0.3, 0.4) is 0 Å². The molecule has 2 heterocycles. The number of aryl methyl sites for hydroxylation is 1. The molecular weight excluding hydrogens is 364 g/mol. The molecule has 0 saturated heterocycles. The molecule has 0 aliphatic carbocycles. The fraction of sp³-hybridized carbons (Fsp3) is 0.174. The van der Waals surface area contributed by atoms with Gasteiger partial charge >= 0.3 is 0 Å². The molecule has 4 rings (SSSR count). The lowest BCUT2D eigenvalue weighted by molar-refractivity contribution is 0.0949. The molecule has 0 fully saturated rings. The topological polar surface area (TPSA) is 69.0 Å². The van der Waals surface area contributed by atoms with Crippen LogP contribution in [0.25, 0.3) is 11.0 Å². The number of benzene rings is 2. The number of carbonyl (C=O) groups is 1. The predicted octanol–water partition coefficient (Wildman–Crippen LogP) is 3.83. The molecule has 2 aromatic heterocycles. The molecule has 4 aromatic rings. The number of aromatic nitrogens is 3. The van der Waals surface area contributed by atoms with Gasteiger partial charge in [-0.3, -0.25) is 9.78 Å². The third-order valence-corrected chi connectivity index (χ3v) is 4.60. The number of imidazole rings is 1. The summed E-state index contributed by atoms with van der Waals surface area (Å²) in [6.45, 7) is 1.71. The number of hydrogen-bond donors (Lipinski definition) is 1. The predicted molar refractivity (Wildman–Crippen MR) is 112 cm³/mol. The minimum absolute atomic E-state index is 0.163. The second-order valence-corrected chi connectivity index (χ2v) is 6.61. The Hall–Kier alpha value is -3.67. The van der Waals surface area contributed by atoms with E-state index in [0.717, 1.165) is 35.6 Å².